The Balaban J connectivity index is 1.70. The first-order valence-electron chi connectivity index (χ1n) is 8.86. The normalized spacial score (nSPS) is 18.3. The average Bonchev–Trinajstić information content (AvgIpc) is 3.20. The second-order valence-corrected chi connectivity index (χ2v) is 7.64. The molecule has 132 valence electrons. The van der Waals surface area contributed by atoms with Gasteiger partial charge in [-0.15, -0.1) is 11.3 Å². The van der Waals surface area contributed by atoms with Crippen molar-refractivity contribution < 1.29 is 4.79 Å². The molecule has 1 amide bonds. The quantitative estimate of drug-likeness (QED) is 0.723. The predicted molar refractivity (Wildman–Crippen MR) is 99.2 cm³/mol. The zero-order valence-corrected chi connectivity index (χ0v) is 15.4. The molecule has 0 bridgehead atoms. The highest BCUT2D eigenvalue weighted by molar-refractivity contribution is 7.17. The molecule has 0 N–H and O–H groups in total. The zero-order chi connectivity index (χ0) is 17.6. The van der Waals surface area contributed by atoms with Gasteiger partial charge in [-0.2, -0.15) is 5.10 Å². The summed E-state index contributed by atoms with van der Waals surface area (Å²) < 4.78 is 4.27. The van der Waals surface area contributed by atoms with Crippen molar-refractivity contribution >= 4 is 33.0 Å². The van der Waals surface area contributed by atoms with Crippen LogP contribution in [0.15, 0.2) is 22.3 Å². The van der Waals surface area contributed by atoms with Gasteiger partial charge in [0.15, 0.2) is 0 Å². The average molecular weight is 358 g/mol. The largest absolute Gasteiger partial charge is 0.338 e. The van der Waals surface area contributed by atoms with Crippen LogP contribution in [0.4, 0.5) is 0 Å². The van der Waals surface area contributed by atoms with Crippen LogP contribution >= 0.6 is 11.3 Å². The second kappa shape index (κ2) is 6.29. The van der Waals surface area contributed by atoms with Crippen LogP contribution in [0.5, 0.6) is 0 Å². The molecule has 7 heteroatoms. The minimum Gasteiger partial charge on any atom is -0.338 e. The van der Waals surface area contributed by atoms with Crippen molar-refractivity contribution in [1.82, 2.24) is 19.1 Å². The number of hydrogen-bond donors (Lipinski definition) is 0. The summed E-state index contributed by atoms with van der Waals surface area (Å²) >= 11 is 1.60. The highest BCUT2D eigenvalue weighted by Crippen LogP contribution is 2.24. The van der Waals surface area contributed by atoms with Crippen molar-refractivity contribution in [3.63, 3.8) is 0 Å². The molecule has 1 aliphatic rings. The third kappa shape index (κ3) is 2.66. The number of aromatic nitrogens is 3. The summed E-state index contributed by atoms with van der Waals surface area (Å²) in [5.41, 5.74) is 1.39. The molecule has 4 rings (SSSR count). The summed E-state index contributed by atoms with van der Waals surface area (Å²) in [5.74, 6) is 0.722. The lowest BCUT2D eigenvalue weighted by atomic mass is 10.00. The van der Waals surface area contributed by atoms with E-state index in [-0.39, 0.29) is 18.0 Å². The Hall–Kier alpha value is -2.15. The number of rotatable bonds is 3. The third-order valence-corrected chi connectivity index (χ3v) is 6.02. The van der Waals surface area contributed by atoms with Gasteiger partial charge in [-0.1, -0.05) is 6.92 Å². The van der Waals surface area contributed by atoms with Gasteiger partial charge in [0.1, 0.15) is 17.9 Å². The van der Waals surface area contributed by atoms with Crippen molar-refractivity contribution in [3.8, 4) is 0 Å². The van der Waals surface area contributed by atoms with E-state index in [9.17, 15) is 9.59 Å². The van der Waals surface area contributed by atoms with Gasteiger partial charge in [-0.25, -0.2) is 4.68 Å². The molecule has 0 aromatic carbocycles. The number of amides is 1. The molecule has 0 radical (unpaired) electrons. The van der Waals surface area contributed by atoms with Crippen LogP contribution in [0.1, 0.15) is 38.4 Å². The van der Waals surface area contributed by atoms with Crippen LogP contribution in [-0.4, -0.2) is 37.6 Å². The molecular weight excluding hydrogens is 336 g/mol. The number of fused-ring (bicyclic) bond motifs is 3. The fourth-order valence-electron chi connectivity index (χ4n) is 3.91. The molecule has 3 aromatic heterocycles. The maximum Gasteiger partial charge on any atom is 0.291 e. The molecular formula is C18H22N4O2S. The molecule has 0 spiro atoms. The molecule has 6 nitrogen and oxygen atoms in total. The van der Waals surface area contributed by atoms with E-state index in [0.29, 0.717) is 11.6 Å². The van der Waals surface area contributed by atoms with E-state index in [1.54, 1.807) is 11.3 Å². The van der Waals surface area contributed by atoms with E-state index in [1.807, 2.05) is 33.7 Å². The second-order valence-electron chi connectivity index (χ2n) is 6.69. The number of carbonyl (C=O) groups is 1. The Morgan fingerprint density at radius 2 is 2.20 bits per heavy atom. The fourth-order valence-corrected chi connectivity index (χ4v) is 4.71. The van der Waals surface area contributed by atoms with Crippen LogP contribution in [0.2, 0.25) is 0 Å². The lowest BCUT2D eigenvalue weighted by Gasteiger charge is -2.35. The first-order chi connectivity index (χ1) is 12.1. The number of piperidine rings is 1. The van der Waals surface area contributed by atoms with Crippen molar-refractivity contribution in [2.24, 2.45) is 0 Å². The van der Waals surface area contributed by atoms with Gasteiger partial charge >= 0.3 is 0 Å². The summed E-state index contributed by atoms with van der Waals surface area (Å²) in [6.45, 7) is 4.80. The Kier molecular flexibility index (Phi) is 4.11. The van der Waals surface area contributed by atoms with Crippen LogP contribution in [0, 0.1) is 6.92 Å². The van der Waals surface area contributed by atoms with Gasteiger partial charge in [-0.05, 0) is 50.1 Å². The van der Waals surface area contributed by atoms with Crippen molar-refractivity contribution in [1.29, 1.82) is 0 Å². The number of carbonyl (C=O) groups excluding carboxylic acids is 1. The SMILES string of the molecule is CC[C@@H]1CCCCN1C(=O)Cn1nc(C)n2c(cc3sccc32)c1=O. The summed E-state index contributed by atoms with van der Waals surface area (Å²) in [7, 11) is 0. The molecule has 1 atom stereocenters. The first kappa shape index (κ1) is 16.3. The van der Waals surface area contributed by atoms with E-state index in [0.717, 1.165) is 41.8 Å². The maximum absolute atomic E-state index is 12.8. The number of hydrogen-bond acceptors (Lipinski definition) is 4. The van der Waals surface area contributed by atoms with E-state index in [2.05, 4.69) is 12.0 Å². The van der Waals surface area contributed by atoms with Crippen molar-refractivity contribution in [2.75, 3.05) is 6.54 Å². The van der Waals surface area contributed by atoms with Crippen LogP contribution < -0.4 is 5.56 Å². The number of aryl methyl sites for hydroxylation is 1. The molecule has 4 heterocycles. The predicted octanol–water partition coefficient (Wildman–Crippen LogP) is 2.81. The molecule has 0 unspecified atom stereocenters. The Morgan fingerprint density at radius 1 is 1.36 bits per heavy atom. The Labute approximate surface area is 149 Å². The highest BCUT2D eigenvalue weighted by Gasteiger charge is 2.26. The van der Waals surface area contributed by atoms with Gasteiger partial charge in [-0.3, -0.25) is 14.0 Å². The topological polar surface area (TPSA) is 59.6 Å². The van der Waals surface area contributed by atoms with Crippen molar-refractivity contribution in [2.45, 2.75) is 52.1 Å². The third-order valence-electron chi connectivity index (χ3n) is 5.17. The summed E-state index contributed by atoms with van der Waals surface area (Å²) in [5, 5.41) is 6.42. The minimum atomic E-state index is -0.201. The van der Waals surface area contributed by atoms with Crippen LogP contribution in [0.3, 0.4) is 0 Å². The van der Waals surface area contributed by atoms with E-state index >= 15 is 0 Å². The minimum absolute atomic E-state index is 0.00160. The summed E-state index contributed by atoms with van der Waals surface area (Å²) in [6, 6.07) is 4.18. The molecule has 1 aliphatic heterocycles. The lowest BCUT2D eigenvalue weighted by molar-refractivity contribution is -0.135. The van der Waals surface area contributed by atoms with Crippen LogP contribution in [0.25, 0.3) is 15.7 Å². The molecule has 1 saturated heterocycles. The molecule has 0 saturated carbocycles. The number of thiophene rings is 1. The smallest absolute Gasteiger partial charge is 0.291 e. The van der Waals surface area contributed by atoms with E-state index < -0.39 is 0 Å². The summed E-state index contributed by atoms with van der Waals surface area (Å²) in [4.78, 5) is 27.5. The zero-order valence-electron chi connectivity index (χ0n) is 14.6. The standard InChI is InChI=1S/C18H22N4O2S/c1-3-13-6-4-5-8-20(13)17(23)11-21-18(24)15-10-16-14(7-9-25-16)22(15)12(2)19-21/h7,9-10,13H,3-6,8,11H2,1-2H3/t13-/m1/s1. The lowest BCUT2D eigenvalue weighted by Crippen LogP contribution is -2.46. The monoisotopic (exact) mass is 358 g/mol. The highest BCUT2D eigenvalue weighted by atomic mass is 32.1. The number of nitrogens with zero attached hydrogens (tertiary/aromatic N) is 4. The van der Waals surface area contributed by atoms with Gasteiger partial charge in [0, 0.05) is 12.6 Å². The van der Waals surface area contributed by atoms with Crippen molar-refractivity contribution in [3.05, 3.63) is 33.7 Å². The van der Waals surface area contributed by atoms with E-state index in [4.69, 9.17) is 0 Å². The molecule has 25 heavy (non-hydrogen) atoms. The molecule has 3 aromatic rings. The maximum atomic E-state index is 12.8. The first-order valence-corrected chi connectivity index (χ1v) is 9.74. The molecule has 1 fully saturated rings. The summed E-state index contributed by atoms with van der Waals surface area (Å²) in [6.07, 6.45) is 4.22. The Morgan fingerprint density at radius 3 is 3.00 bits per heavy atom. The number of likely N-dealkylation sites (tertiary alicyclic amines) is 1. The fraction of sp³-hybridized carbons (Fsp3) is 0.500. The van der Waals surface area contributed by atoms with Crippen LogP contribution in [-0.2, 0) is 11.3 Å². The van der Waals surface area contributed by atoms with Gasteiger partial charge in [0.05, 0.1) is 10.2 Å². The van der Waals surface area contributed by atoms with Gasteiger partial charge < -0.3 is 4.90 Å². The van der Waals surface area contributed by atoms with Gasteiger partial charge in [0.2, 0.25) is 5.91 Å². The Bertz CT molecular complexity index is 1000. The van der Waals surface area contributed by atoms with E-state index in [1.165, 1.54) is 11.1 Å². The molecule has 0 aliphatic carbocycles. The van der Waals surface area contributed by atoms with Gasteiger partial charge in [0.25, 0.3) is 5.56 Å².